The fourth-order valence-corrected chi connectivity index (χ4v) is 3.40. The first kappa shape index (κ1) is 18.8. The third kappa shape index (κ3) is 4.05. The van der Waals surface area contributed by atoms with E-state index in [1.54, 1.807) is 18.2 Å². The summed E-state index contributed by atoms with van der Waals surface area (Å²) >= 11 is 0. The number of nitrogens with zero attached hydrogens (tertiary/aromatic N) is 1. The summed E-state index contributed by atoms with van der Waals surface area (Å²) in [5, 5.41) is 0. The average Bonchev–Trinajstić information content (AvgIpc) is 3.10. The van der Waals surface area contributed by atoms with Gasteiger partial charge in [0.05, 0.1) is 28.8 Å². The highest BCUT2D eigenvalue weighted by atomic mass is 32.2. The molecule has 0 aliphatic rings. The molecular weight excluding hydrogens is 385 g/mol. The van der Waals surface area contributed by atoms with E-state index in [0.717, 1.165) is 18.2 Å². The van der Waals surface area contributed by atoms with Gasteiger partial charge in [-0.05, 0) is 30.3 Å². The van der Waals surface area contributed by atoms with Crippen LogP contribution in [-0.4, -0.2) is 20.5 Å². The molecular formula is C17H13F3N2O4S. The first-order chi connectivity index (χ1) is 12.7. The highest BCUT2D eigenvalue weighted by Crippen LogP contribution is 2.33. The van der Waals surface area contributed by atoms with E-state index in [1.807, 2.05) is 0 Å². The van der Waals surface area contributed by atoms with Crippen LogP contribution in [0.25, 0.3) is 11.5 Å². The number of sulfonamides is 1. The Balaban J connectivity index is 1.98. The fraction of sp³-hybridized carbons (Fsp3) is 0.118. The largest absolute Gasteiger partial charge is 0.479 e. The van der Waals surface area contributed by atoms with Crippen molar-refractivity contribution in [1.29, 1.82) is 0 Å². The lowest BCUT2D eigenvalue weighted by Gasteiger charge is -2.12. The standard InChI is InChI=1S/C17H13F3N2O4S/c1-25-15-10-26-16(21-15)13-7-2-3-8-14(13)22-27(23,24)12-6-4-5-11(9-12)17(18,19)20/h2-10,22H,1H3. The lowest BCUT2D eigenvalue weighted by molar-refractivity contribution is -0.137. The molecule has 6 nitrogen and oxygen atoms in total. The maximum Gasteiger partial charge on any atom is 0.416 e. The molecule has 3 rings (SSSR count). The lowest BCUT2D eigenvalue weighted by Crippen LogP contribution is -2.15. The zero-order chi connectivity index (χ0) is 19.7. The number of aromatic nitrogens is 1. The van der Waals surface area contributed by atoms with Crippen LogP contribution in [0.15, 0.2) is 64.1 Å². The topological polar surface area (TPSA) is 81.4 Å². The molecule has 1 N–H and O–H groups in total. The number of alkyl halides is 3. The number of anilines is 1. The molecule has 0 atom stereocenters. The number of nitrogens with one attached hydrogen (secondary N) is 1. The van der Waals surface area contributed by atoms with Crippen molar-refractivity contribution in [3.8, 4) is 17.3 Å². The molecule has 0 unspecified atom stereocenters. The Labute approximate surface area is 152 Å². The smallest absolute Gasteiger partial charge is 0.416 e. The number of hydrogen-bond acceptors (Lipinski definition) is 5. The van der Waals surface area contributed by atoms with E-state index in [1.165, 1.54) is 19.4 Å². The minimum absolute atomic E-state index is 0.0918. The van der Waals surface area contributed by atoms with E-state index in [-0.39, 0.29) is 17.5 Å². The molecule has 2 aromatic carbocycles. The van der Waals surface area contributed by atoms with Crippen molar-refractivity contribution >= 4 is 15.7 Å². The minimum Gasteiger partial charge on any atom is -0.479 e. The highest BCUT2D eigenvalue weighted by molar-refractivity contribution is 7.92. The first-order valence-electron chi connectivity index (χ1n) is 7.50. The summed E-state index contributed by atoms with van der Waals surface area (Å²) in [5.41, 5.74) is -0.660. The van der Waals surface area contributed by atoms with Crippen molar-refractivity contribution in [2.75, 3.05) is 11.8 Å². The Morgan fingerprint density at radius 1 is 1.11 bits per heavy atom. The molecule has 0 amide bonds. The van der Waals surface area contributed by atoms with Gasteiger partial charge >= 0.3 is 6.18 Å². The lowest BCUT2D eigenvalue weighted by atomic mass is 10.2. The summed E-state index contributed by atoms with van der Waals surface area (Å²) in [6.45, 7) is 0. The van der Waals surface area contributed by atoms with E-state index >= 15 is 0 Å². The van der Waals surface area contributed by atoms with Crippen LogP contribution in [0.3, 0.4) is 0 Å². The van der Waals surface area contributed by atoms with E-state index < -0.39 is 26.7 Å². The maximum absolute atomic E-state index is 12.9. The van der Waals surface area contributed by atoms with E-state index in [2.05, 4.69) is 9.71 Å². The second-order valence-corrected chi connectivity index (χ2v) is 7.05. The van der Waals surface area contributed by atoms with Crippen molar-refractivity contribution in [2.24, 2.45) is 0 Å². The van der Waals surface area contributed by atoms with Crippen LogP contribution in [0, 0.1) is 0 Å². The van der Waals surface area contributed by atoms with Gasteiger partial charge in [-0.2, -0.15) is 18.2 Å². The summed E-state index contributed by atoms with van der Waals surface area (Å²) in [6.07, 6.45) is -3.41. The van der Waals surface area contributed by atoms with Crippen molar-refractivity contribution in [3.05, 3.63) is 60.4 Å². The molecule has 0 saturated carbocycles. The second-order valence-electron chi connectivity index (χ2n) is 5.37. The van der Waals surface area contributed by atoms with Gasteiger partial charge in [-0.25, -0.2) is 8.42 Å². The Morgan fingerprint density at radius 2 is 1.85 bits per heavy atom. The molecule has 0 spiro atoms. The monoisotopic (exact) mass is 398 g/mol. The number of methoxy groups -OCH3 is 1. The van der Waals surface area contributed by atoms with E-state index in [4.69, 9.17) is 9.15 Å². The van der Waals surface area contributed by atoms with Gasteiger partial charge in [-0.1, -0.05) is 18.2 Å². The normalized spacial score (nSPS) is 12.0. The Kier molecular flexibility index (Phi) is 4.83. The van der Waals surface area contributed by atoms with Gasteiger partial charge in [0.15, 0.2) is 6.26 Å². The highest BCUT2D eigenvalue weighted by Gasteiger charge is 2.31. The number of oxazole rings is 1. The fourth-order valence-electron chi connectivity index (χ4n) is 2.28. The Morgan fingerprint density at radius 3 is 2.52 bits per heavy atom. The van der Waals surface area contributed by atoms with Crippen LogP contribution in [0.4, 0.5) is 18.9 Å². The van der Waals surface area contributed by atoms with Crippen LogP contribution in [0.1, 0.15) is 5.56 Å². The van der Waals surface area contributed by atoms with Crippen molar-refractivity contribution in [1.82, 2.24) is 4.98 Å². The maximum atomic E-state index is 12.9. The quantitative estimate of drug-likeness (QED) is 0.698. The van der Waals surface area contributed by atoms with E-state index in [0.29, 0.717) is 11.6 Å². The zero-order valence-corrected chi connectivity index (χ0v) is 14.6. The number of ether oxygens (including phenoxy) is 1. The van der Waals surface area contributed by atoms with Gasteiger partial charge in [-0.3, -0.25) is 4.72 Å². The van der Waals surface area contributed by atoms with Crippen LogP contribution >= 0.6 is 0 Å². The molecule has 1 heterocycles. The molecule has 0 radical (unpaired) electrons. The zero-order valence-electron chi connectivity index (χ0n) is 13.8. The van der Waals surface area contributed by atoms with Gasteiger partial charge in [0, 0.05) is 0 Å². The van der Waals surface area contributed by atoms with Gasteiger partial charge in [0.25, 0.3) is 15.9 Å². The summed E-state index contributed by atoms with van der Waals surface area (Å²) in [5.74, 6) is 0.287. The molecule has 10 heteroatoms. The predicted octanol–water partition coefficient (Wildman–Crippen LogP) is 4.17. The predicted molar refractivity (Wildman–Crippen MR) is 90.7 cm³/mol. The molecule has 142 valence electrons. The molecule has 0 fully saturated rings. The molecule has 1 aromatic heterocycles. The van der Waals surface area contributed by atoms with Gasteiger partial charge in [-0.15, -0.1) is 0 Å². The molecule has 0 bridgehead atoms. The number of halogens is 3. The third-order valence-corrected chi connectivity index (χ3v) is 4.93. The number of rotatable bonds is 5. The molecule has 0 aliphatic carbocycles. The van der Waals surface area contributed by atoms with Crippen molar-refractivity contribution < 1.29 is 30.7 Å². The van der Waals surface area contributed by atoms with Crippen molar-refractivity contribution in [3.63, 3.8) is 0 Å². The van der Waals surface area contributed by atoms with Crippen molar-refractivity contribution in [2.45, 2.75) is 11.1 Å². The van der Waals surface area contributed by atoms with Crippen LogP contribution in [0.5, 0.6) is 5.88 Å². The summed E-state index contributed by atoms with van der Waals surface area (Å²) < 4.78 is 76.2. The second kappa shape index (κ2) is 6.95. The number of hydrogen-bond donors (Lipinski definition) is 1. The van der Waals surface area contributed by atoms with Crippen LogP contribution in [-0.2, 0) is 16.2 Å². The third-order valence-electron chi connectivity index (χ3n) is 3.57. The minimum atomic E-state index is -4.65. The Bertz CT molecular complexity index is 1060. The summed E-state index contributed by atoms with van der Waals surface area (Å²) in [4.78, 5) is 3.52. The summed E-state index contributed by atoms with van der Waals surface area (Å²) in [6, 6.07) is 9.66. The van der Waals surface area contributed by atoms with Crippen LogP contribution in [0.2, 0.25) is 0 Å². The van der Waals surface area contributed by atoms with Crippen LogP contribution < -0.4 is 9.46 Å². The van der Waals surface area contributed by atoms with E-state index in [9.17, 15) is 21.6 Å². The average molecular weight is 398 g/mol. The number of benzene rings is 2. The SMILES string of the molecule is COc1coc(-c2ccccc2NS(=O)(=O)c2cccc(C(F)(F)F)c2)n1. The molecule has 0 saturated heterocycles. The Hall–Kier alpha value is -3.01. The molecule has 3 aromatic rings. The molecule has 27 heavy (non-hydrogen) atoms. The molecule has 0 aliphatic heterocycles. The van der Waals surface area contributed by atoms with Gasteiger partial charge < -0.3 is 9.15 Å². The first-order valence-corrected chi connectivity index (χ1v) is 8.98. The number of para-hydroxylation sites is 1. The van der Waals surface area contributed by atoms with Gasteiger partial charge in [0.2, 0.25) is 5.89 Å². The summed E-state index contributed by atoms with van der Waals surface area (Å²) in [7, 11) is -2.88. The van der Waals surface area contributed by atoms with Gasteiger partial charge in [0.1, 0.15) is 0 Å².